The Labute approximate surface area is 193 Å². The minimum absolute atomic E-state index is 0.0485. The average molecular weight is 477 g/mol. The molecule has 172 valence electrons. The molecule has 1 aliphatic carbocycles. The monoisotopic (exact) mass is 476 g/mol. The number of thioether (sulfide) groups is 1. The van der Waals surface area contributed by atoms with Crippen molar-refractivity contribution in [2.75, 3.05) is 25.2 Å². The van der Waals surface area contributed by atoms with Crippen LogP contribution in [0.25, 0.3) is 0 Å². The van der Waals surface area contributed by atoms with Gasteiger partial charge in [0.15, 0.2) is 6.61 Å². The number of amides is 1. The molecule has 2 N–H and O–H groups in total. The Morgan fingerprint density at radius 3 is 2.28 bits per heavy atom. The van der Waals surface area contributed by atoms with E-state index in [-0.39, 0.29) is 16.7 Å². The number of rotatable bonds is 12. The Balaban J connectivity index is 1.53. The Kier molecular flexibility index (Phi) is 8.33. The van der Waals surface area contributed by atoms with Crippen LogP contribution in [0.5, 0.6) is 0 Å². The Morgan fingerprint density at radius 2 is 1.69 bits per heavy atom. The predicted molar refractivity (Wildman–Crippen MR) is 125 cm³/mol. The highest BCUT2D eigenvalue weighted by Crippen LogP contribution is 2.47. The number of nitrogens with one attached hydrogen (secondary N) is 2. The van der Waals surface area contributed by atoms with Crippen LogP contribution in [-0.2, 0) is 29.8 Å². The van der Waals surface area contributed by atoms with Crippen molar-refractivity contribution < 1.29 is 22.7 Å². The smallest absolute Gasteiger partial charge is 0.324 e. The molecule has 0 radical (unpaired) electrons. The standard InChI is InChI=1S/C23H28N2O5S2/c1-31-15-12-20(25-32(28,29)19-10-6-3-7-11-19)22(27)30-16-21(26)24-17-23(13-14-23)18-8-4-2-5-9-18/h2-11,20,25H,12-17H2,1H3,(H,24,26). The highest BCUT2D eigenvalue weighted by Gasteiger charge is 2.44. The maximum atomic E-state index is 12.6. The molecule has 1 aliphatic rings. The maximum absolute atomic E-state index is 12.6. The van der Waals surface area contributed by atoms with Crippen LogP contribution in [0, 0.1) is 0 Å². The van der Waals surface area contributed by atoms with Crippen molar-refractivity contribution in [3.05, 3.63) is 66.2 Å². The number of esters is 1. The molecule has 2 aromatic carbocycles. The van der Waals surface area contributed by atoms with Crippen molar-refractivity contribution in [2.45, 2.75) is 35.6 Å². The van der Waals surface area contributed by atoms with Gasteiger partial charge in [-0.05, 0) is 49.0 Å². The minimum atomic E-state index is -3.89. The molecule has 7 nitrogen and oxygen atoms in total. The number of benzene rings is 2. The van der Waals surface area contributed by atoms with Crippen molar-refractivity contribution in [3.63, 3.8) is 0 Å². The third-order valence-electron chi connectivity index (χ3n) is 5.46. The molecule has 0 aromatic heterocycles. The van der Waals surface area contributed by atoms with Crippen LogP contribution >= 0.6 is 11.8 Å². The molecule has 1 fully saturated rings. The fourth-order valence-electron chi connectivity index (χ4n) is 3.38. The molecule has 3 rings (SSSR count). The molecule has 0 aliphatic heterocycles. The highest BCUT2D eigenvalue weighted by molar-refractivity contribution is 7.98. The molecule has 0 spiro atoms. The van der Waals surface area contributed by atoms with Gasteiger partial charge in [-0.15, -0.1) is 0 Å². The van der Waals surface area contributed by atoms with Gasteiger partial charge in [-0.25, -0.2) is 8.42 Å². The first kappa shape index (κ1) is 24.3. The Bertz CT molecular complexity index is 1010. The van der Waals surface area contributed by atoms with Crippen LogP contribution in [0.15, 0.2) is 65.6 Å². The van der Waals surface area contributed by atoms with Gasteiger partial charge < -0.3 is 10.1 Å². The molecule has 2 aromatic rings. The third kappa shape index (κ3) is 6.57. The third-order valence-corrected chi connectivity index (χ3v) is 7.59. The van der Waals surface area contributed by atoms with Crippen molar-refractivity contribution in [2.24, 2.45) is 0 Å². The van der Waals surface area contributed by atoms with Gasteiger partial charge in [0.1, 0.15) is 6.04 Å². The molecule has 1 saturated carbocycles. The summed E-state index contributed by atoms with van der Waals surface area (Å²) in [4.78, 5) is 24.9. The molecule has 0 bridgehead atoms. The fourth-order valence-corrected chi connectivity index (χ4v) is 5.09. The fraction of sp³-hybridized carbons (Fsp3) is 0.391. The normalized spacial score (nSPS) is 15.5. The van der Waals surface area contributed by atoms with Crippen molar-refractivity contribution in [1.82, 2.24) is 10.0 Å². The molecular formula is C23H28N2O5S2. The van der Waals surface area contributed by atoms with E-state index >= 15 is 0 Å². The second-order valence-electron chi connectivity index (χ2n) is 7.80. The molecular weight excluding hydrogens is 448 g/mol. The van der Waals surface area contributed by atoms with E-state index in [2.05, 4.69) is 10.0 Å². The first-order valence-corrected chi connectivity index (χ1v) is 13.3. The zero-order valence-electron chi connectivity index (χ0n) is 18.0. The van der Waals surface area contributed by atoms with E-state index in [4.69, 9.17) is 4.74 Å². The van der Waals surface area contributed by atoms with Crippen LogP contribution in [-0.4, -0.2) is 51.5 Å². The molecule has 1 unspecified atom stereocenters. The highest BCUT2D eigenvalue weighted by atomic mass is 32.2. The number of carbonyl (C=O) groups excluding carboxylic acids is 2. The SMILES string of the molecule is CSCCC(NS(=O)(=O)c1ccccc1)C(=O)OCC(=O)NCC1(c2ccccc2)CC1. The summed E-state index contributed by atoms with van der Waals surface area (Å²) in [5.41, 5.74) is 1.14. The summed E-state index contributed by atoms with van der Waals surface area (Å²) >= 11 is 1.49. The van der Waals surface area contributed by atoms with E-state index in [1.165, 1.54) is 29.5 Å². The lowest BCUT2D eigenvalue weighted by Gasteiger charge is -2.19. The molecule has 0 heterocycles. The van der Waals surface area contributed by atoms with E-state index in [0.717, 1.165) is 12.8 Å². The van der Waals surface area contributed by atoms with Crippen LogP contribution in [0.4, 0.5) is 0 Å². The Hall–Kier alpha value is -2.36. The summed E-state index contributed by atoms with van der Waals surface area (Å²) in [5, 5.41) is 2.84. The molecule has 1 amide bonds. The quantitative estimate of drug-likeness (QED) is 0.457. The summed E-state index contributed by atoms with van der Waals surface area (Å²) < 4.78 is 32.8. The summed E-state index contributed by atoms with van der Waals surface area (Å²) in [6.45, 7) is 0.0243. The van der Waals surface area contributed by atoms with Crippen LogP contribution in [0.1, 0.15) is 24.8 Å². The van der Waals surface area contributed by atoms with Crippen molar-refractivity contribution >= 4 is 33.7 Å². The number of hydrogen-bond acceptors (Lipinski definition) is 6. The molecule has 0 saturated heterocycles. The molecule has 9 heteroatoms. The van der Waals surface area contributed by atoms with Crippen LogP contribution in [0.2, 0.25) is 0 Å². The molecule has 32 heavy (non-hydrogen) atoms. The van der Waals surface area contributed by atoms with E-state index < -0.39 is 34.5 Å². The zero-order chi connectivity index (χ0) is 23.0. The number of carbonyl (C=O) groups is 2. The predicted octanol–water partition coefficient (Wildman–Crippen LogP) is 2.48. The van der Waals surface area contributed by atoms with E-state index in [0.29, 0.717) is 12.3 Å². The summed E-state index contributed by atoms with van der Waals surface area (Å²) in [5.74, 6) is -0.615. The van der Waals surface area contributed by atoms with Gasteiger partial charge in [0, 0.05) is 12.0 Å². The number of sulfonamides is 1. The summed E-state index contributed by atoms with van der Waals surface area (Å²) in [7, 11) is -3.89. The van der Waals surface area contributed by atoms with E-state index in [1.54, 1.807) is 18.2 Å². The topological polar surface area (TPSA) is 102 Å². The van der Waals surface area contributed by atoms with Crippen LogP contribution in [0.3, 0.4) is 0 Å². The lowest BCUT2D eigenvalue weighted by molar-refractivity contribution is -0.150. The lowest BCUT2D eigenvalue weighted by Crippen LogP contribution is -2.43. The zero-order valence-corrected chi connectivity index (χ0v) is 19.6. The lowest BCUT2D eigenvalue weighted by atomic mass is 9.96. The minimum Gasteiger partial charge on any atom is -0.454 e. The largest absolute Gasteiger partial charge is 0.454 e. The van der Waals surface area contributed by atoms with E-state index in [1.807, 2.05) is 36.6 Å². The second kappa shape index (κ2) is 11.0. The summed E-state index contributed by atoms with van der Waals surface area (Å²) in [6, 6.07) is 16.8. The van der Waals surface area contributed by atoms with E-state index in [9.17, 15) is 18.0 Å². The van der Waals surface area contributed by atoms with Crippen molar-refractivity contribution in [3.8, 4) is 0 Å². The maximum Gasteiger partial charge on any atom is 0.324 e. The van der Waals surface area contributed by atoms with Gasteiger partial charge in [-0.1, -0.05) is 48.5 Å². The number of hydrogen-bond donors (Lipinski definition) is 2. The average Bonchev–Trinajstić information content (AvgIpc) is 3.61. The van der Waals surface area contributed by atoms with Gasteiger partial charge >= 0.3 is 5.97 Å². The summed E-state index contributed by atoms with van der Waals surface area (Å²) in [6.07, 6.45) is 4.11. The van der Waals surface area contributed by atoms with Crippen LogP contribution < -0.4 is 10.0 Å². The van der Waals surface area contributed by atoms with Gasteiger partial charge in [0.05, 0.1) is 4.90 Å². The second-order valence-corrected chi connectivity index (χ2v) is 10.5. The van der Waals surface area contributed by atoms with Gasteiger partial charge in [0.25, 0.3) is 5.91 Å². The van der Waals surface area contributed by atoms with Gasteiger partial charge in [0.2, 0.25) is 10.0 Å². The first-order chi connectivity index (χ1) is 15.4. The van der Waals surface area contributed by atoms with Gasteiger partial charge in [-0.3, -0.25) is 9.59 Å². The van der Waals surface area contributed by atoms with Gasteiger partial charge in [-0.2, -0.15) is 16.5 Å². The van der Waals surface area contributed by atoms with Crippen molar-refractivity contribution in [1.29, 1.82) is 0 Å². The molecule has 1 atom stereocenters. The first-order valence-electron chi connectivity index (χ1n) is 10.4. The Morgan fingerprint density at radius 1 is 1.06 bits per heavy atom. The number of ether oxygens (including phenoxy) is 1.